The molecular formula is C32H42N2O3. The molecule has 1 amide bonds. The molecule has 0 radical (unpaired) electrons. The van der Waals surface area contributed by atoms with Crippen LogP contribution in [0.15, 0.2) is 73.8 Å². The minimum atomic E-state index is -0.688. The van der Waals surface area contributed by atoms with Crippen LogP contribution in [-0.2, 0) is 0 Å². The number of amides is 1. The summed E-state index contributed by atoms with van der Waals surface area (Å²) in [5.74, 6) is -0.416. The van der Waals surface area contributed by atoms with Gasteiger partial charge in [-0.05, 0) is 38.0 Å². The Kier molecular flexibility index (Phi) is 16.4. The summed E-state index contributed by atoms with van der Waals surface area (Å²) in [5, 5.41) is 9.26. The number of pyridine rings is 1. The number of carbonyl (C=O) groups excluding carboxylic acids is 1. The summed E-state index contributed by atoms with van der Waals surface area (Å²) in [6.45, 7) is 21.0. The van der Waals surface area contributed by atoms with Gasteiger partial charge in [-0.3, -0.25) is 10.0 Å². The average molecular weight is 503 g/mol. The summed E-state index contributed by atoms with van der Waals surface area (Å²) >= 11 is 0. The topological polar surface area (TPSA) is 71.5 Å². The molecule has 0 saturated heterocycles. The van der Waals surface area contributed by atoms with Crippen molar-refractivity contribution < 1.29 is 14.7 Å². The van der Waals surface area contributed by atoms with E-state index in [0.29, 0.717) is 17.0 Å². The summed E-state index contributed by atoms with van der Waals surface area (Å²) in [7, 11) is 1.47. The maximum absolute atomic E-state index is 12.4. The molecular weight excluding hydrogens is 460 g/mol. The van der Waals surface area contributed by atoms with E-state index in [4.69, 9.17) is 9.72 Å². The molecule has 0 bridgehead atoms. The Bertz CT molecular complexity index is 1150. The maximum Gasteiger partial charge on any atom is 0.279 e. The van der Waals surface area contributed by atoms with Crippen LogP contribution >= 0.6 is 0 Å². The molecule has 5 heteroatoms. The molecule has 3 aromatic rings. The molecule has 0 unspecified atom stereocenters. The smallest absolute Gasteiger partial charge is 0.279 e. The van der Waals surface area contributed by atoms with Gasteiger partial charge in [0.05, 0.1) is 18.4 Å². The first-order chi connectivity index (χ1) is 17.9. The lowest BCUT2D eigenvalue weighted by molar-refractivity contribution is 0.0702. The van der Waals surface area contributed by atoms with Gasteiger partial charge in [0.15, 0.2) is 5.75 Å². The fraction of sp³-hybridized carbons (Fsp3) is 0.250. The van der Waals surface area contributed by atoms with Crippen LogP contribution in [0.1, 0.15) is 68.7 Å². The molecule has 0 spiro atoms. The number of hydrogen-bond acceptors (Lipinski definition) is 4. The van der Waals surface area contributed by atoms with Gasteiger partial charge in [0.25, 0.3) is 5.91 Å². The number of benzene rings is 2. The first kappa shape index (κ1) is 33.0. The van der Waals surface area contributed by atoms with Crippen LogP contribution in [0.25, 0.3) is 34.5 Å². The number of carbonyl (C=O) groups is 1. The highest BCUT2D eigenvalue weighted by Gasteiger charge is 2.24. The molecule has 2 N–H and O–H groups in total. The monoisotopic (exact) mass is 502 g/mol. The SMILES string of the molecule is C=CC.C=Cc1c(/C=C\C)nc(-c2ccc(-c3ccc(C)cc3)cc2)c(OC)c1C(=O)NO.CC.CC. The number of rotatable bonds is 6. The van der Waals surface area contributed by atoms with Crippen molar-refractivity contribution in [3.63, 3.8) is 0 Å². The van der Waals surface area contributed by atoms with Crippen LogP contribution in [0.2, 0.25) is 0 Å². The Morgan fingerprint density at radius 1 is 0.919 bits per heavy atom. The minimum absolute atomic E-state index is 0.177. The molecule has 2 aromatic carbocycles. The third-order valence-corrected chi connectivity index (χ3v) is 4.82. The number of hydrogen-bond donors (Lipinski definition) is 2. The number of nitrogens with zero attached hydrogens (tertiary/aromatic N) is 1. The first-order valence-corrected chi connectivity index (χ1v) is 12.5. The van der Waals surface area contributed by atoms with Gasteiger partial charge in [0, 0.05) is 11.1 Å². The van der Waals surface area contributed by atoms with E-state index in [0.717, 1.165) is 16.7 Å². The van der Waals surface area contributed by atoms with Crippen LogP contribution in [0.4, 0.5) is 0 Å². The predicted octanol–water partition coefficient (Wildman–Crippen LogP) is 8.77. The van der Waals surface area contributed by atoms with Crippen LogP contribution < -0.4 is 10.2 Å². The van der Waals surface area contributed by atoms with E-state index in [1.54, 1.807) is 17.6 Å². The number of aromatic nitrogens is 1. The van der Waals surface area contributed by atoms with Gasteiger partial charge < -0.3 is 4.74 Å². The number of methoxy groups -OCH3 is 1. The van der Waals surface area contributed by atoms with Crippen molar-refractivity contribution in [2.45, 2.75) is 48.5 Å². The van der Waals surface area contributed by atoms with Crippen LogP contribution in [0.5, 0.6) is 5.75 Å². The highest BCUT2D eigenvalue weighted by atomic mass is 16.5. The van der Waals surface area contributed by atoms with E-state index < -0.39 is 5.91 Å². The van der Waals surface area contributed by atoms with Gasteiger partial charge in [-0.25, -0.2) is 10.5 Å². The standard InChI is InChI=1S/C25H24N2O3.C3H6.2C2H6/c1-5-7-21-20(6-2)22(25(28)27-29)24(30-4)23(26-21)19-14-12-18(13-15-19)17-10-8-16(3)9-11-17;1-3-2;2*1-2/h5-15,29H,2H2,1,3-4H3,(H,27,28);3H,1H2,2H3;2*1-2H3/b7-5-;;;. The quantitative estimate of drug-likeness (QED) is 0.201. The van der Waals surface area contributed by atoms with E-state index in [-0.39, 0.29) is 11.3 Å². The lowest BCUT2D eigenvalue weighted by Crippen LogP contribution is -2.22. The molecule has 37 heavy (non-hydrogen) atoms. The van der Waals surface area contributed by atoms with E-state index in [2.05, 4.69) is 44.3 Å². The van der Waals surface area contributed by atoms with Crippen molar-refractivity contribution in [3.05, 3.63) is 96.2 Å². The van der Waals surface area contributed by atoms with Crippen molar-refractivity contribution in [3.8, 4) is 28.1 Å². The van der Waals surface area contributed by atoms with Gasteiger partial charge in [0.1, 0.15) is 5.69 Å². The molecule has 0 aliphatic carbocycles. The predicted molar refractivity (Wildman–Crippen MR) is 159 cm³/mol. The fourth-order valence-corrected chi connectivity index (χ4v) is 3.33. The number of hydroxylamine groups is 1. The second kappa shape index (κ2) is 18.3. The zero-order valence-corrected chi connectivity index (χ0v) is 23.6. The minimum Gasteiger partial charge on any atom is -0.494 e. The zero-order valence-electron chi connectivity index (χ0n) is 23.6. The van der Waals surface area contributed by atoms with Crippen LogP contribution in [0.3, 0.4) is 0 Å². The highest BCUT2D eigenvalue weighted by molar-refractivity contribution is 6.02. The maximum atomic E-state index is 12.4. The summed E-state index contributed by atoms with van der Waals surface area (Å²) in [6, 6.07) is 16.2. The van der Waals surface area contributed by atoms with E-state index in [9.17, 15) is 10.0 Å². The Morgan fingerprint density at radius 2 is 1.38 bits per heavy atom. The summed E-state index contributed by atoms with van der Waals surface area (Å²) in [5.41, 5.74) is 7.60. The summed E-state index contributed by atoms with van der Waals surface area (Å²) in [6.07, 6.45) is 6.89. The van der Waals surface area contributed by atoms with Crippen molar-refractivity contribution in [2.24, 2.45) is 0 Å². The van der Waals surface area contributed by atoms with Crippen LogP contribution in [0, 0.1) is 6.92 Å². The molecule has 1 aromatic heterocycles. The fourth-order valence-electron chi connectivity index (χ4n) is 3.33. The van der Waals surface area contributed by atoms with Crippen molar-refractivity contribution in [2.75, 3.05) is 7.11 Å². The number of ether oxygens (including phenoxy) is 1. The molecule has 1 heterocycles. The van der Waals surface area contributed by atoms with Gasteiger partial charge >= 0.3 is 0 Å². The van der Waals surface area contributed by atoms with E-state index in [1.807, 2.05) is 71.9 Å². The molecule has 5 nitrogen and oxygen atoms in total. The molecule has 0 aliphatic rings. The molecule has 0 fully saturated rings. The molecule has 0 atom stereocenters. The molecule has 3 rings (SSSR count). The third-order valence-electron chi connectivity index (χ3n) is 4.82. The van der Waals surface area contributed by atoms with Crippen molar-refractivity contribution in [1.82, 2.24) is 10.5 Å². The van der Waals surface area contributed by atoms with Gasteiger partial charge in [0.2, 0.25) is 0 Å². The van der Waals surface area contributed by atoms with Crippen molar-refractivity contribution in [1.29, 1.82) is 0 Å². The van der Waals surface area contributed by atoms with E-state index >= 15 is 0 Å². The lowest BCUT2D eigenvalue weighted by atomic mass is 9.97. The Hall–Kier alpha value is -3.96. The van der Waals surface area contributed by atoms with Crippen LogP contribution in [-0.4, -0.2) is 23.2 Å². The largest absolute Gasteiger partial charge is 0.494 e. The zero-order chi connectivity index (χ0) is 28.4. The highest BCUT2D eigenvalue weighted by Crippen LogP contribution is 2.36. The summed E-state index contributed by atoms with van der Waals surface area (Å²) in [4.78, 5) is 17.2. The van der Waals surface area contributed by atoms with E-state index in [1.165, 1.54) is 18.7 Å². The Morgan fingerprint density at radius 3 is 1.78 bits per heavy atom. The Balaban J connectivity index is 0.00000169. The van der Waals surface area contributed by atoms with Gasteiger partial charge in [-0.2, -0.15) is 0 Å². The number of allylic oxidation sites excluding steroid dienone is 2. The normalized spacial score (nSPS) is 9.43. The molecule has 0 aliphatic heterocycles. The number of nitrogens with one attached hydrogen (secondary N) is 1. The lowest BCUT2D eigenvalue weighted by Gasteiger charge is -2.17. The summed E-state index contributed by atoms with van der Waals surface area (Å²) < 4.78 is 5.55. The first-order valence-electron chi connectivity index (χ1n) is 12.5. The molecule has 0 saturated carbocycles. The Labute approximate surface area is 223 Å². The van der Waals surface area contributed by atoms with Gasteiger partial charge in [-0.15, -0.1) is 6.58 Å². The second-order valence-corrected chi connectivity index (χ2v) is 7.16. The van der Waals surface area contributed by atoms with Crippen molar-refractivity contribution >= 4 is 18.1 Å². The number of aryl methyl sites for hydroxylation is 1. The van der Waals surface area contributed by atoms with Gasteiger partial charge in [-0.1, -0.05) is 107 Å². The second-order valence-electron chi connectivity index (χ2n) is 7.16. The molecule has 198 valence electrons. The third kappa shape index (κ3) is 8.89. The average Bonchev–Trinajstić information content (AvgIpc) is 2.95.